The molecule has 0 aliphatic heterocycles. The minimum Gasteiger partial charge on any atom is -0.369 e. The summed E-state index contributed by atoms with van der Waals surface area (Å²) in [6.07, 6.45) is 2.40. The average molecular weight is 200 g/mol. The van der Waals surface area contributed by atoms with Gasteiger partial charge in [-0.05, 0) is 32.6 Å². The van der Waals surface area contributed by atoms with Crippen LogP contribution < -0.4 is 11.1 Å². The van der Waals surface area contributed by atoms with Crippen LogP contribution in [0.4, 0.5) is 0 Å². The molecular formula is C10H20N2O2. The molecule has 1 rings (SSSR count). The van der Waals surface area contributed by atoms with E-state index in [1.165, 1.54) is 20.0 Å². The molecule has 4 nitrogen and oxygen atoms in total. The third-order valence-electron chi connectivity index (χ3n) is 2.78. The number of nitrogens with two attached hydrogens (primary N) is 1. The minimum absolute atomic E-state index is 0.101. The van der Waals surface area contributed by atoms with Crippen LogP contribution in [0.2, 0.25) is 0 Å². The highest BCUT2D eigenvalue weighted by Gasteiger charge is 2.31. The molecule has 1 atom stereocenters. The maximum Gasteiger partial charge on any atom is 0.251 e. The van der Waals surface area contributed by atoms with Gasteiger partial charge >= 0.3 is 0 Å². The number of hydrogen-bond donors (Lipinski definition) is 2. The van der Waals surface area contributed by atoms with E-state index in [0.29, 0.717) is 12.5 Å². The van der Waals surface area contributed by atoms with Crippen LogP contribution in [-0.2, 0) is 9.53 Å². The zero-order chi connectivity index (χ0) is 10.8. The van der Waals surface area contributed by atoms with Crippen molar-refractivity contribution in [3.63, 3.8) is 0 Å². The smallest absolute Gasteiger partial charge is 0.251 e. The molecule has 0 bridgehead atoms. The second-order valence-electron chi connectivity index (χ2n) is 4.43. The number of ether oxygens (including phenoxy) is 1. The molecule has 82 valence electrons. The highest BCUT2D eigenvalue weighted by Crippen LogP contribution is 2.31. The second kappa shape index (κ2) is 4.28. The van der Waals surface area contributed by atoms with Gasteiger partial charge in [0.2, 0.25) is 0 Å². The summed E-state index contributed by atoms with van der Waals surface area (Å²) < 4.78 is 5.05. The molecule has 1 aliphatic rings. The van der Waals surface area contributed by atoms with E-state index >= 15 is 0 Å². The van der Waals surface area contributed by atoms with E-state index < -0.39 is 5.60 Å². The van der Waals surface area contributed by atoms with Crippen LogP contribution in [0, 0.1) is 5.92 Å². The molecule has 1 saturated carbocycles. The zero-order valence-electron chi connectivity index (χ0n) is 9.17. The average Bonchev–Trinajstić information content (AvgIpc) is 2.96. The van der Waals surface area contributed by atoms with Gasteiger partial charge in [-0.15, -0.1) is 0 Å². The van der Waals surface area contributed by atoms with E-state index in [0.717, 1.165) is 0 Å². The van der Waals surface area contributed by atoms with E-state index in [1.54, 1.807) is 13.8 Å². The first-order valence-corrected chi connectivity index (χ1v) is 5.06. The standard InChI is InChI=1S/C10H20N2O2/c1-10(2,14-3)9(13)12-6-8(11)7-4-5-7/h7-8H,4-6,11H2,1-3H3,(H,12,13). The van der Waals surface area contributed by atoms with E-state index in [4.69, 9.17) is 10.5 Å². The summed E-state index contributed by atoms with van der Waals surface area (Å²) in [7, 11) is 1.53. The number of carbonyl (C=O) groups is 1. The lowest BCUT2D eigenvalue weighted by molar-refractivity contribution is -0.139. The van der Waals surface area contributed by atoms with Crippen molar-refractivity contribution in [3.05, 3.63) is 0 Å². The zero-order valence-corrected chi connectivity index (χ0v) is 9.17. The fourth-order valence-electron chi connectivity index (χ4n) is 1.21. The molecule has 0 aromatic rings. The number of rotatable bonds is 5. The lowest BCUT2D eigenvalue weighted by atomic mass is 10.1. The molecule has 0 aromatic carbocycles. The number of carbonyl (C=O) groups excluding carboxylic acids is 1. The van der Waals surface area contributed by atoms with E-state index in [1.807, 2.05) is 0 Å². The number of nitrogens with one attached hydrogen (secondary N) is 1. The molecule has 3 N–H and O–H groups in total. The van der Waals surface area contributed by atoms with Crippen molar-refractivity contribution in [2.24, 2.45) is 11.7 Å². The summed E-state index contributed by atoms with van der Waals surface area (Å²) in [5.74, 6) is 0.511. The first-order valence-electron chi connectivity index (χ1n) is 5.06. The van der Waals surface area contributed by atoms with Gasteiger partial charge in [-0.1, -0.05) is 0 Å². The van der Waals surface area contributed by atoms with Gasteiger partial charge in [0.25, 0.3) is 5.91 Å². The van der Waals surface area contributed by atoms with Crippen molar-refractivity contribution < 1.29 is 9.53 Å². The Hall–Kier alpha value is -0.610. The van der Waals surface area contributed by atoms with Crippen LogP contribution >= 0.6 is 0 Å². The Morgan fingerprint density at radius 1 is 1.64 bits per heavy atom. The molecule has 0 radical (unpaired) electrons. The monoisotopic (exact) mass is 200 g/mol. The fraction of sp³-hybridized carbons (Fsp3) is 0.900. The summed E-state index contributed by atoms with van der Waals surface area (Å²) in [5, 5.41) is 2.81. The highest BCUT2D eigenvalue weighted by molar-refractivity contribution is 5.84. The molecule has 1 unspecified atom stereocenters. The SMILES string of the molecule is COC(C)(C)C(=O)NCC(N)C1CC1. The van der Waals surface area contributed by atoms with Crippen LogP contribution in [0.3, 0.4) is 0 Å². The van der Waals surface area contributed by atoms with E-state index in [-0.39, 0.29) is 11.9 Å². The Balaban J connectivity index is 2.26. The van der Waals surface area contributed by atoms with Gasteiger partial charge < -0.3 is 15.8 Å². The quantitative estimate of drug-likeness (QED) is 0.669. The maximum atomic E-state index is 11.6. The van der Waals surface area contributed by atoms with E-state index in [9.17, 15) is 4.79 Å². The molecule has 0 saturated heterocycles. The Morgan fingerprint density at radius 3 is 2.64 bits per heavy atom. The van der Waals surface area contributed by atoms with Crippen LogP contribution in [0.5, 0.6) is 0 Å². The Bertz CT molecular complexity index is 212. The van der Waals surface area contributed by atoms with Gasteiger partial charge in [-0.25, -0.2) is 0 Å². The summed E-state index contributed by atoms with van der Waals surface area (Å²) in [6, 6.07) is 0.103. The fourth-order valence-corrected chi connectivity index (χ4v) is 1.21. The van der Waals surface area contributed by atoms with Gasteiger partial charge in [-0.3, -0.25) is 4.79 Å². The first kappa shape index (κ1) is 11.5. The Kier molecular flexibility index (Phi) is 3.50. The Labute approximate surface area is 85.2 Å². The largest absolute Gasteiger partial charge is 0.369 e. The summed E-state index contributed by atoms with van der Waals surface area (Å²) in [4.78, 5) is 11.6. The van der Waals surface area contributed by atoms with Crippen molar-refractivity contribution in [2.75, 3.05) is 13.7 Å². The van der Waals surface area contributed by atoms with Gasteiger partial charge in [0.1, 0.15) is 5.60 Å². The highest BCUT2D eigenvalue weighted by atomic mass is 16.5. The Morgan fingerprint density at radius 2 is 2.21 bits per heavy atom. The minimum atomic E-state index is -0.761. The topological polar surface area (TPSA) is 64.3 Å². The molecule has 1 aliphatic carbocycles. The number of amides is 1. The summed E-state index contributed by atoms with van der Waals surface area (Å²) >= 11 is 0. The van der Waals surface area contributed by atoms with Crippen molar-refractivity contribution in [2.45, 2.75) is 38.3 Å². The van der Waals surface area contributed by atoms with Crippen molar-refractivity contribution in [3.8, 4) is 0 Å². The molecule has 0 aromatic heterocycles. The lowest BCUT2D eigenvalue weighted by Gasteiger charge is -2.22. The molecule has 4 heteroatoms. The first-order chi connectivity index (χ1) is 6.47. The number of hydrogen-bond acceptors (Lipinski definition) is 3. The van der Waals surface area contributed by atoms with Crippen LogP contribution in [-0.4, -0.2) is 31.2 Å². The van der Waals surface area contributed by atoms with Gasteiger partial charge in [0.05, 0.1) is 0 Å². The van der Waals surface area contributed by atoms with Crippen molar-refractivity contribution in [1.82, 2.24) is 5.32 Å². The third-order valence-corrected chi connectivity index (χ3v) is 2.78. The second-order valence-corrected chi connectivity index (χ2v) is 4.43. The third kappa shape index (κ3) is 2.96. The molecule has 0 heterocycles. The number of methoxy groups -OCH3 is 1. The molecule has 1 amide bonds. The van der Waals surface area contributed by atoms with Gasteiger partial charge in [0.15, 0.2) is 0 Å². The molecule has 1 fully saturated rings. The van der Waals surface area contributed by atoms with Crippen molar-refractivity contribution in [1.29, 1.82) is 0 Å². The molecule has 14 heavy (non-hydrogen) atoms. The van der Waals surface area contributed by atoms with Crippen molar-refractivity contribution >= 4 is 5.91 Å². The summed E-state index contributed by atoms with van der Waals surface area (Å²) in [5.41, 5.74) is 5.10. The predicted octanol–water partition coefficient (Wildman–Crippen LogP) is 0.265. The van der Waals surface area contributed by atoms with Crippen LogP contribution in [0.1, 0.15) is 26.7 Å². The normalized spacial score (nSPS) is 19.1. The predicted molar refractivity (Wildman–Crippen MR) is 54.8 cm³/mol. The van der Waals surface area contributed by atoms with Crippen LogP contribution in [0.25, 0.3) is 0 Å². The van der Waals surface area contributed by atoms with E-state index in [2.05, 4.69) is 5.32 Å². The van der Waals surface area contributed by atoms with Gasteiger partial charge in [0, 0.05) is 19.7 Å². The van der Waals surface area contributed by atoms with Gasteiger partial charge in [-0.2, -0.15) is 0 Å². The molecule has 0 spiro atoms. The molecular weight excluding hydrogens is 180 g/mol. The maximum absolute atomic E-state index is 11.6. The lowest BCUT2D eigenvalue weighted by Crippen LogP contribution is -2.48. The summed E-state index contributed by atoms with van der Waals surface area (Å²) in [6.45, 7) is 4.03. The van der Waals surface area contributed by atoms with Crippen LogP contribution in [0.15, 0.2) is 0 Å².